The first-order valence-corrected chi connectivity index (χ1v) is 12.6. The van der Waals surface area contributed by atoms with E-state index in [-0.39, 0.29) is 16.5 Å². The number of sulfonamides is 2. The first kappa shape index (κ1) is 20.6. The van der Waals surface area contributed by atoms with Crippen molar-refractivity contribution in [1.82, 2.24) is 9.03 Å². The van der Waals surface area contributed by atoms with Crippen molar-refractivity contribution in [3.8, 4) is 0 Å². The van der Waals surface area contributed by atoms with Crippen molar-refractivity contribution in [2.75, 3.05) is 43.4 Å². The molecule has 1 saturated heterocycles. The predicted octanol–water partition coefficient (Wildman–Crippen LogP) is 1.83. The molecule has 7 nitrogen and oxygen atoms in total. The van der Waals surface area contributed by atoms with Crippen molar-refractivity contribution in [2.24, 2.45) is 0 Å². The molecule has 3 rings (SSSR count). The average molecular weight is 450 g/mol. The lowest BCUT2D eigenvalue weighted by Gasteiger charge is -2.35. The Morgan fingerprint density at radius 2 is 1.78 bits per heavy atom. The molecule has 1 fully saturated rings. The van der Waals surface area contributed by atoms with Gasteiger partial charge in [0.2, 0.25) is 20.0 Å². The molecule has 0 unspecified atom stereocenters. The first-order chi connectivity index (χ1) is 12.8. The summed E-state index contributed by atoms with van der Waals surface area (Å²) in [5.41, 5.74) is 0.961. The normalized spacial score (nSPS) is 16.6. The molecule has 1 aliphatic heterocycles. The topological polar surface area (TPSA) is 86.8 Å². The third-order valence-corrected chi connectivity index (χ3v) is 9.18. The van der Waals surface area contributed by atoms with E-state index in [2.05, 4.69) is 9.62 Å². The lowest BCUT2D eigenvalue weighted by molar-refractivity contribution is 0.385. The first-order valence-electron chi connectivity index (χ1n) is 8.29. The number of nitrogens with zero attached hydrogens (tertiary/aromatic N) is 2. The molecule has 0 atom stereocenters. The average Bonchev–Trinajstić information content (AvgIpc) is 3.17. The van der Waals surface area contributed by atoms with Crippen LogP contribution in [0, 0.1) is 0 Å². The van der Waals surface area contributed by atoms with E-state index in [0.717, 1.165) is 17.0 Å². The zero-order valence-electron chi connectivity index (χ0n) is 14.4. The lowest BCUT2D eigenvalue weighted by Crippen LogP contribution is -2.50. The second kappa shape index (κ2) is 8.46. The van der Waals surface area contributed by atoms with E-state index in [4.69, 9.17) is 11.6 Å². The van der Waals surface area contributed by atoms with Gasteiger partial charge in [-0.25, -0.2) is 21.6 Å². The molecule has 1 aliphatic rings. The Morgan fingerprint density at radius 1 is 1.04 bits per heavy atom. The predicted molar refractivity (Wildman–Crippen MR) is 109 cm³/mol. The highest BCUT2D eigenvalue weighted by atomic mass is 35.5. The minimum Gasteiger partial charge on any atom is -0.369 e. The molecule has 0 saturated carbocycles. The fourth-order valence-corrected chi connectivity index (χ4v) is 6.54. The van der Waals surface area contributed by atoms with Crippen LogP contribution >= 0.6 is 22.9 Å². The van der Waals surface area contributed by atoms with Crippen LogP contribution in [0.5, 0.6) is 0 Å². The summed E-state index contributed by atoms with van der Waals surface area (Å²) < 4.78 is 53.1. The van der Waals surface area contributed by atoms with Crippen LogP contribution in [0.2, 0.25) is 5.02 Å². The van der Waals surface area contributed by atoms with E-state index < -0.39 is 20.0 Å². The number of thiophene rings is 1. The number of anilines is 1. The molecule has 0 amide bonds. The molecule has 0 bridgehead atoms. The fourth-order valence-electron chi connectivity index (χ4n) is 2.82. The lowest BCUT2D eigenvalue weighted by atomic mass is 10.2. The summed E-state index contributed by atoms with van der Waals surface area (Å²) in [6.45, 7) is 1.66. The number of hydrogen-bond acceptors (Lipinski definition) is 6. The standard InChI is InChI=1S/C16H20ClN3O4S3/c17-14-3-1-4-15(13-14)19-7-9-20(10-8-19)26(21,22)12-6-18-27(23,24)16-5-2-11-25-16/h1-5,11,13,18H,6-10,12H2. The Morgan fingerprint density at radius 3 is 2.41 bits per heavy atom. The van der Waals surface area contributed by atoms with Gasteiger partial charge in [0.05, 0.1) is 5.75 Å². The van der Waals surface area contributed by atoms with Crippen LogP contribution < -0.4 is 9.62 Å². The molecule has 11 heteroatoms. The highest BCUT2D eigenvalue weighted by Crippen LogP contribution is 2.21. The van der Waals surface area contributed by atoms with Crippen LogP contribution in [0.25, 0.3) is 0 Å². The smallest absolute Gasteiger partial charge is 0.250 e. The Bertz CT molecular complexity index is 970. The quantitative estimate of drug-likeness (QED) is 0.696. The highest BCUT2D eigenvalue weighted by Gasteiger charge is 2.27. The number of rotatable bonds is 7. The highest BCUT2D eigenvalue weighted by molar-refractivity contribution is 7.91. The number of benzene rings is 1. The van der Waals surface area contributed by atoms with Crippen molar-refractivity contribution in [3.05, 3.63) is 46.8 Å². The summed E-state index contributed by atoms with van der Waals surface area (Å²) in [6, 6.07) is 10.6. The van der Waals surface area contributed by atoms with E-state index in [9.17, 15) is 16.8 Å². The molecule has 2 heterocycles. The molecule has 27 heavy (non-hydrogen) atoms. The van der Waals surface area contributed by atoms with Gasteiger partial charge in [-0.2, -0.15) is 4.31 Å². The van der Waals surface area contributed by atoms with Gasteiger partial charge < -0.3 is 4.90 Å². The van der Waals surface area contributed by atoms with E-state index in [1.54, 1.807) is 17.5 Å². The van der Waals surface area contributed by atoms with Gasteiger partial charge in [-0.1, -0.05) is 23.7 Å². The van der Waals surface area contributed by atoms with Crippen LogP contribution in [0.1, 0.15) is 0 Å². The molecule has 1 aromatic carbocycles. The van der Waals surface area contributed by atoms with Crippen LogP contribution in [-0.2, 0) is 20.0 Å². The fraction of sp³-hybridized carbons (Fsp3) is 0.375. The summed E-state index contributed by atoms with van der Waals surface area (Å²) in [5.74, 6) is -0.269. The molecule has 148 valence electrons. The van der Waals surface area contributed by atoms with Gasteiger partial charge in [0.15, 0.2) is 0 Å². The molecule has 0 aliphatic carbocycles. The van der Waals surface area contributed by atoms with Gasteiger partial charge >= 0.3 is 0 Å². The van der Waals surface area contributed by atoms with Crippen LogP contribution in [0.15, 0.2) is 46.0 Å². The number of halogens is 1. The van der Waals surface area contributed by atoms with Gasteiger partial charge in [-0.05, 0) is 29.6 Å². The van der Waals surface area contributed by atoms with E-state index in [1.165, 1.54) is 10.4 Å². The summed E-state index contributed by atoms with van der Waals surface area (Å²) >= 11 is 7.10. The second-order valence-corrected chi connectivity index (χ2v) is 11.5. The van der Waals surface area contributed by atoms with Crippen LogP contribution in [0.3, 0.4) is 0 Å². The van der Waals surface area contributed by atoms with E-state index >= 15 is 0 Å². The minimum atomic E-state index is -3.65. The Balaban J connectivity index is 1.53. The van der Waals surface area contributed by atoms with Gasteiger partial charge in [0, 0.05) is 43.4 Å². The molecule has 1 N–H and O–H groups in total. The van der Waals surface area contributed by atoms with Crippen LogP contribution in [0.4, 0.5) is 5.69 Å². The summed E-state index contributed by atoms with van der Waals surface area (Å²) in [5, 5.41) is 2.30. The largest absolute Gasteiger partial charge is 0.369 e. The minimum absolute atomic E-state index is 0.156. The monoisotopic (exact) mass is 449 g/mol. The van der Waals surface area contributed by atoms with Gasteiger partial charge in [0.25, 0.3) is 0 Å². The van der Waals surface area contributed by atoms with Crippen LogP contribution in [-0.4, -0.2) is 59.6 Å². The molecule has 0 spiro atoms. The molecular formula is C16H20ClN3O4S3. The summed E-state index contributed by atoms with van der Waals surface area (Å²) in [7, 11) is -7.19. The summed E-state index contributed by atoms with van der Waals surface area (Å²) in [6.07, 6.45) is 0. The Kier molecular flexibility index (Phi) is 6.44. The number of nitrogens with one attached hydrogen (secondary N) is 1. The molecule has 2 aromatic rings. The molecule has 1 aromatic heterocycles. The molecular weight excluding hydrogens is 430 g/mol. The zero-order valence-corrected chi connectivity index (χ0v) is 17.6. The van der Waals surface area contributed by atoms with Crippen molar-refractivity contribution < 1.29 is 16.8 Å². The van der Waals surface area contributed by atoms with E-state index in [1.807, 2.05) is 18.2 Å². The van der Waals surface area contributed by atoms with Gasteiger partial charge in [0.1, 0.15) is 4.21 Å². The van der Waals surface area contributed by atoms with Gasteiger partial charge in [-0.3, -0.25) is 0 Å². The maximum Gasteiger partial charge on any atom is 0.250 e. The maximum absolute atomic E-state index is 12.5. The second-order valence-electron chi connectivity index (χ2n) is 6.01. The van der Waals surface area contributed by atoms with Crippen molar-refractivity contribution in [1.29, 1.82) is 0 Å². The van der Waals surface area contributed by atoms with E-state index in [0.29, 0.717) is 31.2 Å². The maximum atomic E-state index is 12.5. The Hall–Kier alpha value is -1.17. The third kappa shape index (κ3) is 5.21. The molecule has 0 radical (unpaired) electrons. The number of hydrogen-bond donors (Lipinski definition) is 1. The summed E-state index contributed by atoms with van der Waals surface area (Å²) in [4.78, 5) is 2.08. The SMILES string of the molecule is O=S(=O)(NCCS(=O)(=O)N1CCN(c2cccc(Cl)c2)CC1)c1cccs1. The van der Waals surface area contributed by atoms with Crippen molar-refractivity contribution in [2.45, 2.75) is 4.21 Å². The van der Waals surface area contributed by atoms with Crippen molar-refractivity contribution >= 4 is 48.7 Å². The Labute approximate surface area is 168 Å². The van der Waals surface area contributed by atoms with Crippen molar-refractivity contribution in [3.63, 3.8) is 0 Å². The number of piperazine rings is 1. The third-order valence-electron chi connectivity index (χ3n) is 4.22. The van der Waals surface area contributed by atoms with Gasteiger partial charge in [-0.15, -0.1) is 11.3 Å². The zero-order chi connectivity index (χ0) is 19.5.